The maximum atomic E-state index is 12.1. The van der Waals surface area contributed by atoms with Gasteiger partial charge in [0.25, 0.3) is 5.91 Å². The highest BCUT2D eigenvalue weighted by Crippen LogP contribution is 2.35. The number of anilines is 1. The van der Waals surface area contributed by atoms with Gasteiger partial charge >= 0.3 is 5.97 Å². The topological polar surface area (TPSA) is 96.5 Å². The van der Waals surface area contributed by atoms with Crippen LogP contribution in [0.25, 0.3) is 11.3 Å². The van der Waals surface area contributed by atoms with Gasteiger partial charge in [-0.3, -0.25) is 9.59 Å². The van der Waals surface area contributed by atoms with Gasteiger partial charge in [-0.15, -0.1) is 0 Å². The van der Waals surface area contributed by atoms with Crippen LogP contribution in [0.3, 0.4) is 0 Å². The Morgan fingerprint density at radius 3 is 2.42 bits per heavy atom. The number of halogens is 1. The van der Waals surface area contributed by atoms with Gasteiger partial charge in [0.1, 0.15) is 4.88 Å². The molecule has 0 fully saturated rings. The Kier molecular flexibility index (Phi) is 9.03. The van der Waals surface area contributed by atoms with Gasteiger partial charge in [0.05, 0.1) is 12.1 Å². The highest BCUT2D eigenvalue weighted by Gasteiger charge is 2.22. The molecule has 31 heavy (non-hydrogen) atoms. The van der Waals surface area contributed by atoms with E-state index in [1.54, 1.807) is 6.07 Å². The van der Waals surface area contributed by atoms with Crippen LogP contribution >= 0.6 is 22.9 Å². The van der Waals surface area contributed by atoms with Crippen LogP contribution in [-0.4, -0.2) is 28.5 Å². The van der Waals surface area contributed by atoms with E-state index in [4.69, 9.17) is 22.4 Å². The molecule has 1 heterocycles. The molecule has 0 aliphatic carbocycles. The maximum absolute atomic E-state index is 12.1. The highest BCUT2D eigenvalue weighted by molar-refractivity contribution is 7.18. The molecule has 0 bridgehead atoms. The number of carboxylic acid groups (broad SMARTS) is 1. The molecule has 164 valence electrons. The summed E-state index contributed by atoms with van der Waals surface area (Å²) in [6, 6.07) is 15.1. The Morgan fingerprint density at radius 2 is 1.84 bits per heavy atom. The summed E-state index contributed by atoms with van der Waals surface area (Å²) in [7, 11) is 0. The summed E-state index contributed by atoms with van der Waals surface area (Å²) < 4.78 is 0. The summed E-state index contributed by atoms with van der Waals surface area (Å²) in [5, 5.41) is 10.2. The largest absolute Gasteiger partial charge is 0.481 e. The second-order valence-corrected chi connectivity index (χ2v) is 7.94. The normalized spacial score (nSPS) is 10.2. The number of aryl methyl sites for hydroxylation is 1. The summed E-state index contributed by atoms with van der Waals surface area (Å²) in [6.07, 6.45) is -0.0516. The van der Waals surface area contributed by atoms with E-state index in [0.717, 1.165) is 22.5 Å². The number of carbonyl (C=O) groups excluding carboxylic acids is 1. The summed E-state index contributed by atoms with van der Waals surface area (Å²) in [5.41, 5.74) is 8.66. The molecule has 3 aromatic rings. The standard InChI is InChI=1S/C21H20ClN3O3S.C2H6/c1-13-7-8-15(11-16(13)22)18-19(20(23)28)29-21(24-18)25(10-9-17(26)27)12-14-5-3-2-4-6-14;1-2/h2-8,11H,9-10,12H2,1H3,(H2,23,28)(H,26,27);1-2H3. The van der Waals surface area contributed by atoms with Crippen LogP contribution in [0.1, 0.15) is 41.1 Å². The average Bonchev–Trinajstić information content (AvgIpc) is 3.21. The molecule has 0 unspecified atom stereocenters. The molecule has 3 rings (SSSR count). The number of thiazole rings is 1. The zero-order valence-electron chi connectivity index (χ0n) is 17.8. The van der Waals surface area contributed by atoms with Gasteiger partial charge in [-0.05, 0) is 24.1 Å². The SMILES string of the molecule is CC.Cc1ccc(-c2nc(N(CCC(=O)O)Cc3ccccc3)sc2C(N)=O)cc1Cl. The summed E-state index contributed by atoms with van der Waals surface area (Å²) in [4.78, 5) is 30.0. The molecule has 0 saturated carbocycles. The molecular formula is C23H26ClN3O3S. The van der Waals surface area contributed by atoms with Crippen molar-refractivity contribution in [3.05, 3.63) is 69.6 Å². The molecule has 0 aliphatic heterocycles. The Balaban J connectivity index is 0.00000166. The van der Waals surface area contributed by atoms with Crippen LogP contribution in [0, 0.1) is 6.92 Å². The molecular weight excluding hydrogens is 434 g/mol. The zero-order valence-corrected chi connectivity index (χ0v) is 19.3. The van der Waals surface area contributed by atoms with Crippen molar-refractivity contribution in [3.8, 4) is 11.3 Å². The van der Waals surface area contributed by atoms with Crippen molar-refractivity contribution in [3.63, 3.8) is 0 Å². The summed E-state index contributed by atoms with van der Waals surface area (Å²) in [5.74, 6) is -1.49. The minimum atomic E-state index is -0.903. The van der Waals surface area contributed by atoms with Crippen molar-refractivity contribution < 1.29 is 14.7 Å². The number of carboxylic acids is 1. The molecule has 6 nitrogen and oxygen atoms in total. The fraction of sp³-hybridized carbons (Fsp3) is 0.261. The number of carbonyl (C=O) groups is 2. The van der Waals surface area contributed by atoms with E-state index in [-0.39, 0.29) is 13.0 Å². The molecule has 1 aromatic heterocycles. The van der Waals surface area contributed by atoms with E-state index in [1.165, 1.54) is 0 Å². The molecule has 0 radical (unpaired) electrons. The number of rotatable bonds is 8. The van der Waals surface area contributed by atoms with E-state index in [2.05, 4.69) is 4.98 Å². The van der Waals surface area contributed by atoms with E-state index in [9.17, 15) is 9.59 Å². The smallest absolute Gasteiger partial charge is 0.305 e. The molecule has 0 saturated heterocycles. The van der Waals surface area contributed by atoms with Crippen LogP contribution in [0.4, 0.5) is 5.13 Å². The molecule has 0 atom stereocenters. The van der Waals surface area contributed by atoms with Gasteiger partial charge in [-0.1, -0.05) is 79.2 Å². The van der Waals surface area contributed by atoms with Crippen molar-refractivity contribution >= 4 is 39.9 Å². The van der Waals surface area contributed by atoms with Crippen LogP contribution in [0.15, 0.2) is 48.5 Å². The number of amides is 1. The molecule has 2 aromatic carbocycles. The minimum Gasteiger partial charge on any atom is -0.481 e. The number of nitrogens with zero attached hydrogens (tertiary/aromatic N) is 2. The van der Waals surface area contributed by atoms with Crippen LogP contribution < -0.4 is 10.6 Å². The Labute approximate surface area is 191 Å². The number of aromatic nitrogens is 1. The number of nitrogens with two attached hydrogens (primary N) is 1. The van der Waals surface area contributed by atoms with Crippen molar-refractivity contribution in [2.45, 2.75) is 33.7 Å². The third-order valence-electron chi connectivity index (χ3n) is 4.37. The van der Waals surface area contributed by atoms with E-state index in [1.807, 2.05) is 68.1 Å². The number of hydrogen-bond acceptors (Lipinski definition) is 5. The van der Waals surface area contributed by atoms with Gasteiger partial charge in [0, 0.05) is 23.7 Å². The molecule has 1 amide bonds. The monoisotopic (exact) mass is 459 g/mol. The summed E-state index contributed by atoms with van der Waals surface area (Å²) in [6.45, 7) is 6.61. The van der Waals surface area contributed by atoms with Gasteiger partial charge in [0.2, 0.25) is 0 Å². The van der Waals surface area contributed by atoms with Gasteiger partial charge in [-0.25, -0.2) is 4.98 Å². The van der Waals surface area contributed by atoms with Crippen molar-refractivity contribution in [2.75, 3.05) is 11.4 Å². The minimum absolute atomic E-state index is 0.0516. The quantitative estimate of drug-likeness (QED) is 0.471. The predicted octanol–water partition coefficient (Wildman–Crippen LogP) is 5.38. The second-order valence-electron chi connectivity index (χ2n) is 6.55. The lowest BCUT2D eigenvalue weighted by Gasteiger charge is -2.21. The van der Waals surface area contributed by atoms with Crippen LogP contribution in [0.5, 0.6) is 0 Å². The van der Waals surface area contributed by atoms with E-state index < -0.39 is 11.9 Å². The van der Waals surface area contributed by atoms with Gasteiger partial charge < -0.3 is 15.7 Å². The third kappa shape index (κ3) is 6.54. The lowest BCUT2D eigenvalue weighted by molar-refractivity contribution is -0.136. The van der Waals surface area contributed by atoms with Crippen LogP contribution in [-0.2, 0) is 11.3 Å². The average molecular weight is 460 g/mol. The second kappa shape index (κ2) is 11.5. The van der Waals surface area contributed by atoms with E-state index >= 15 is 0 Å². The van der Waals surface area contributed by atoms with Gasteiger partial charge in [-0.2, -0.15) is 0 Å². The highest BCUT2D eigenvalue weighted by atomic mass is 35.5. The first-order valence-corrected chi connectivity index (χ1v) is 11.1. The Hall–Kier alpha value is -2.90. The fourth-order valence-electron chi connectivity index (χ4n) is 2.82. The zero-order chi connectivity index (χ0) is 23.0. The summed E-state index contributed by atoms with van der Waals surface area (Å²) >= 11 is 7.40. The molecule has 0 aliphatic rings. The molecule has 0 spiro atoms. The van der Waals surface area contributed by atoms with Crippen molar-refractivity contribution in [2.24, 2.45) is 5.73 Å². The van der Waals surface area contributed by atoms with Crippen LogP contribution in [0.2, 0.25) is 5.02 Å². The van der Waals surface area contributed by atoms with Crippen molar-refractivity contribution in [1.29, 1.82) is 0 Å². The predicted molar refractivity (Wildman–Crippen MR) is 127 cm³/mol. The third-order valence-corrected chi connectivity index (χ3v) is 5.91. The Bertz CT molecular complexity index is 1040. The Morgan fingerprint density at radius 1 is 1.16 bits per heavy atom. The fourth-order valence-corrected chi connectivity index (χ4v) is 3.97. The maximum Gasteiger partial charge on any atom is 0.305 e. The number of aliphatic carboxylic acids is 1. The lowest BCUT2D eigenvalue weighted by Crippen LogP contribution is -2.25. The van der Waals surface area contributed by atoms with E-state index in [0.29, 0.717) is 32.8 Å². The number of hydrogen-bond donors (Lipinski definition) is 2. The number of primary amides is 1. The first-order valence-electron chi connectivity index (χ1n) is 9.93. The van der Waals surface area contributed by atoms with Crippen molar-refractivity contribution in [1.82, 2.24) is 4.98 Å². The first kappa shape index (κ1) is 24.4. The lowest BCUT2D eigenvalue weighted by atomic mass is 10.1. The first-order chi connectivity index (χ1) is 14.8. The molecule has 8 heteroatoms. The number of benzene rings is 2. The van der Waals surface area contributed by atoms with Gasteiger partial charge in [0.15, 0.2) is 5.13 Å². The molecule has 3 N–H and O–H groups in total.